The van der Waals surface area contributed by atoms with Gasteiger partial charge in [0.1, 0.15) is 12.7 Å². The van der Waals surface area contributed by atoms with Crippen molar-refractivity contribution in [3.8, 4) is 23.2 Å². The summed E-state index contributed by atoms with van der Waals surface area (Å²) in [5.41, 5.74) is 9.65. The number of unbranched alkanes of at least 4 members (excludes halogenated alkanes) is 6. The predicted octanol–water partition coefficient (Wildman–Crippen LogP) is 6.18. The van der Waals surface area contributed by atoms with Crippen LogP contribution in [0.5, 0.6) is 5.88 Å². The highest BCUT2D eigenvalue weighted by atomic mass is 16.5. The molecule has 3 unspecified atom stereocenters. The number of anilines is 2. The van der Waals surface area contributed by atoms with E-state index in [1.807, 2.05) is 30.3 Å². The lowest BCUT2D eigenvalue weighted by molar-refractivity contribution is -0.122. The molecule has 3 aromatic rings. The van der Waals surface area contributed by atoms with Crippen LogP contribution < -0.4 is 21.1 Å². The molecule has 0 saturated heterocycles. The van der Waals surface area contributed by atoms with E-state index in [4.69, 9.17) is 10.5 Å². The van der Waals surface area contributed by atoms with Crippen LogP contribution in [0.3, 0.4) is 0 Å². The number of pyridine rings is 1. The molecule has 3 atom stereocenters. The van der Waals surface area contributed by atoms with E-state index in [-0.39, 0.29) is 17.6 Å². The Morgan fingerprint density at radius 2 is 1.81 bits per heavy atom. The van der Waals surface area contributed by atoms with Gasteiger partial charge in [0, 0.05) is 37.0 Å². The lowest BCUT2D eigenvalue weighted by atomic mass is 10.0. The number of nitrogen functional groups attached to an aromatic ring is 1. The van der Waals surface area contributed by atoms with Crippen LogP contribution >= 0.6 is 0 Å². The summed E-state index contributed by atoms with van der Waals surface area (Å²) in [5, 5.41) is 16.4. The molecule has 9 heteroatoms. The fraction of sp³-hybridized carbons (Fsp3) is 0.441. The second-order valence-electron chi connectivity index (χ2n) is 11.6. The van der Waals surface area contributed by atoms with Gasteiger partial charge in [0.25, 0.3) is 5.88 Å². The fourth-order valence-electron chi connectivity index (χ4n) is 5.95. The number of fused-ring (bicyclic) bond motifs is 2. The number of hydrogen-bond acceptors (Lipinski definition) is 8. The van der Waals surface area contributed by atoms with Gasteiger partial charge in [-0.2, -0.15) is 5.26 Å². The number of rotatable bonds is 16. The summed E-state index contributed by atoms with van der Waals surface area (Å²) in [6.45, 7) is 1.11. The first-order chi connectivity index (χ1) is 21.1. The first-order valence-electron chi connectivity index (χ1n) is 15.5. The highest BCUT2D eigenvalue weighted by Crippen LogP contribution is 2.39. The summed E-state index contributed by atoms with van der Waals surface area (Å²) in [6.07, 6.45) is 20.3. The second kappa shape index (κ2) is 15.1. The highest BCUT2D eigenvalue weighted by molar-refractivity contribution is 5.76. The number of benzene rings is 1. The van der Waals surface area contributed by atoms with E-state index >= 15 is 0 Å². The SMILES string of the molecule is N#Cc1cc(-c2cnc(N)c(OCc3ccncc3)n2)ccc1NCCCCCCCCCC(=O)NC1CC2C=CC1C2. The maximum atomic E-state index is 12.3. The van der Waals surface area contributed by atoms with Gasteiger partial charge in [-0.25, -0.2) is 9.97 Å². The van der Waals surface area contributed by atoms with Crippen LogP contribution in [-0.2, 0) is 11.4 Å². The number of carbonyl (C=O) groups excluding carboxylic acids is 1. The van der Waals surface area contributed by atoms with Gasteiger partial charge in [-0.1, -0.05) is 50.3 Å². The summed E-state index contributed by atoms with van der Waals surface area (Å²) in [5.74, 6) is 1.94. The average Bonchev–Trinajstić information content (AvgIpc) is 3.66. The van der Waals surface area contributed by atoms with Crippen LogP contribution in [-0.4, -0.2) is 33.4 Å². The van der Waals surface area contributed by atoms with Crippen molar-refractivity contribution in [1.29, 1.82) is 5.26 Å². The summed E-state index contributed by atoms with van der Waals surface area (Å²) >= 11 is 0. The largest absolute Gasteiger partial charge is 0.470 e. The van der Waals surface area contributed by atoms with Crippen molar-refractivity contribution in [2.45, 2.75) is 76.9 Å². The van der Waals surface area contributed by atoms with Gasteiger partial charge in [-0.05, 0) is 67.3 Å². The number of ether oxygens (including phenoxy) is 1. The van der Waals surface area contributed by atoms with Gasteiger partial charge in [0.15, 0.2) is 5.82 Å². The van der Waals surface area contributed by atoms with Crippen molar-refractivity contribution in [1.82, 2.24) is 20.3 Å². The fourth-order valence-corrected chi connectivity index (χ4v) is 5.95. The third-order valence-electron chi connectivity index (χ3n) is 8.35. The molecule has 2 bridgehead atoms. The molecule has 9 nitrogen and oxygen atoms in total. The molecule has 2 aliphatic rings. The van der Waals surface area contributed by atoms with Crippen LogP contribution in [0.2, 0.25) is 0 Å². The Bertz CT molecular complexity index is 1440. The second-order valence-corrected chi connectivity index (χ2v) is 11.6. The summed E-state index contributed by atoms with van der Waals surface area (Å²) in [6, 6.07) is 12.0. The van der Waals surface area contributed by atoms with E-state index in [0.717, 1.165) is 55.5 Å². The Labute approximate surface area is 254 Å². The third-order valence-corrected chi connectivity index (χ3v) is 8.35. The number of allylic oxidation sites excluding steroid dienone is 1. The maximum Gasteiger partial charge on any atom is 0.258 e. The van der Waals surface area contributed by atoms with Gasteiger partial charge in [-0.3, -0.25) is 9.78 Å². The number of nitrogens with one attached hydrogen (secondary N) is 2. The Kier molecular flexibility index (Phi) is 10.6. The number of nitrogens with two attached hydrogens (primary N) is 1. The highest BCUT2D eigenvalue weighted by Gasteiger charge is 2.36. The summed E-state index contributed by atoms with van der Waals surface area (Å²) in [7, 11) is 0. The van der Waals surface area contributed by atoms with E-state index in [0.29, 0.717) is 42.2 Å². The summed E-state index contributed by atoms with van der Waals surface area (Å²) in [4.78, 5) is 25.0. The molecule has 1 aromatic carbocycles. The van der Waals surface area contributed by atoms with Crippen LogP contribution in [0.25, 0.3) is 11.3 Å². The quantitative estimate of drug-likeness (QED) is 0.135. The number of carbonyl (C=O) groups is 1. The normalized spacial score (nSPS) is 18.3. The molecule has 1 fully saturated rings. The van der Waals surface area contributed by atoms with Gasteiger partial charge in [0.2, 0.25) is 5.91 Å². The molecule has 0 aliphatic heterocycles. The van der Waals surface area contributed by atoms with Crippen LogP contribution in [0, 0.1) is 23.2 Å². The molecule has 4 N–H and O–H groups in total. The molecule has 2 aromatic heterocycles. The van der Waals surface area contributed by atoms with E-state index in [9.17, 15) is 10.1 Å². The van der Waals surface area contributed by atoms with Crippen molar-refractivity contribution in [3.63, 3.8) is 0 Å². The first-order valence-corrected chi connectivity index (χ1v) is 15.5. The standard InChI is InChI=1S/C34H41N7O2/c35-21-28-20-27(31-22-39-33(36)34(41-31)43-23-24-13-16-37-17-14-24)11-12-29(28)38-15-7-5-3-1-2-4-6-8-32(42)40-30-19-25-9-10-26(30)18-25/h9-14,16-17,20,22,25-26,30,38H,1-8,15,18-19,23H2,(H2,36,39)(H,40,42). The lowest BCUT2D eigenvalue weighted by Gasteiger charge is -2.19. The Morgan fingerprint density at radius 3 is 2.56 bits per heavy atom. The Hall–Kier alpha value is -4.45. The molecule has 2 aliphatic carbocycles. The molecule has 1 saturated carbocycles. The molecular weight excluding hydrogens is 538 g/mol. The predicted molar refractivity (Wildman–Crippen MR) is 168 cm³/mol. The van der Waals surface area contributed by atoms with Crippen molar-refractivity contribution in [2.75, 3.05) is 17.6 Å². The van der Waals surface area contributed by atoms with Crippen molar-refractivity contribution < 1.29 is 9.53 Å². The molecule has 0 radical (unpaired) electrons. The maximum absolute atomic E-state index is 12.3. The molecular formula is C34H41N7O2. The van der Waals surface area contributed by atoms with Gasteiger partial charge < -0.3 is 21.1 Å². The van der Waals surface area contributed by atoms with E-state index < -0.39 is 0 Å². The van der Waals surface area contributed by atoms with Crippen LogP contribution in [0.4, 0.5) is 11.5 Å². The lowest BCUT2D eigenvalue weighted by Crippen LogP contribution is -2.37. The minimum atomic E-state index is 0.211. The monoisotopic (exact) mass is 579 g/mol. The Balaban J connectivity index is 0.973. The Morgan fingerprint density at radius 1 is 1.02 bits per heavy atom. The van der Waals surface area contributed by atoms with E-state index in [1.165, 1.54) is 25.7 Å². The molecule has 224 valence electrons. The zero-order valence-corrected chi connectivity index (χ0v) is 24.7. The van der Waals surface area contributed by atoms with Gasteiger partial charge >= 0.3 is 0 Å². The molecule has 5 rings (SSSR count). The average molecular weight is 580 g/mol. The van der Waals surface area contributed by atoms with Crippen molar-refractivity contribution in [2.24, 2.45) is 11.8 Å². The zero-order chi connectivity index (χ0) is 29.9. The first kappa shape index (κ1) is 30.0. The van der Waals surface area contributed by atoms with Gasteiger partial charge in [0.05, 0.1) is 23.1 Å². The van der Waals surface area contributed by atoms with Crippen LogP contribution in [0.1, 0.15) is 75.3 Å². The number of nitrogens with zero attached hydrogens (tertiary/aromatic N) is 4. The minimum absolute atomic E-state index is 0.211. The molecule has 2 heterocycles. The van der Waals surface area contributed by atoms with Crippen molar-refractivity contribution in [3.05, 3.63) is 72.2 Å². The topological polar surface area (TPSA) is 139 Å². The number of nitriles is 1. The summed E-state index contributed by atoms with van der Waals surface area (Å²) < 4.78 is 5.80. The van der Waals surface area contributed by atoms with E-state index in [2.05, 4.69) is 43.8 Å². The van der Waals surface area contributed by atoms with Gasteiger partial charge in [-0.15, -0.1) is 0 Å². The smallest absolute Gasteiger partial charge is 0.258 e. The molecule has 0 spiro atoms. The van der Waals surface area contributed by atoms with E-state index in [1.54, 1.807) is 18.6 Å². The minimum Gasteiger partial charge on any atom is -0.470 e. The molecule has 43 heavy (non-hydrogen) atoms. The number of aromatic nitrogens is 3. The molecule has 1 amide bonds. The zero-order valence-electron chi connectivity index (χ0n) is 24.7. The number of amides is 1. The van der Waals surface area contributed by atoms with Crippen molar-refractivity contribution >= 4 is 17.4 Å². The number of hydrogen-bond donors (Lipinski definition) is 3. The third kappa shape index (κ3) is 8.54. The van der Waals surface area contributed by atoms with Crippen LogP contribution in [0.15, 0.2) is 61.1 Å².